The molecular formula is C16H11ClO2. The summed E-state index contributed by atoms with van der Waals surface area (Å²) in [6.07, 6.45) is 0. The van der Waals surface area contributed by atoms with Gasteiger partial charge in [0.25, 0.3) is 0 Å². The molecule has 0 aliphatic rings. The molecule has 2 nitrogen and oxygen atoms in total. The van der Waals surface area contributed by atoms with Gasteiger partial charge in [-0.1, -0.05) is 41.9 Å². The van der Waals surface area contributed by atoms with Gasteiger partial charge in [-0.2, -0.15) is 0 Å². The summed E-state index contributed by atoms with van der Waals surface area (Å²) in [5.74, 6) is 0.574. The van der Waals surface area contributed by atoms with Crippen LogP contribution in [0.25, 0.3) is 22.3 Å². The molecule has 3 heteroatoms. The lowest BCUT2D eigenvalue weighted by atomic mass is 10.0. The van der Waals surface area contributed by atoms with Crippen LogP contribution in [0.4, 0.5) is 0 Å². The van der Waals surface area contributed by atoms with Crippen LogP contribution >= 0.6 is 11.6 Å². The fraction of sp³-hybridized carbons (Fsp3) is 0.0625. The Kier molecular flexibility index (Phi) is 2.88. The Balaban J connectivity index is 2.36. The Labute approximate surface area is 115 Å². The molecule has 0 unspecified atom stereocenters. The maximum atomic E-state index is 11.9. The number of carbonyl (C=O) groups excluding carboxylic acids is 1. The SMILES string of the molecule is CC(=O)c1c(-c2ccccc2)oc2ccc(Cl)cc12. The number of hydrogen-bond acceptors (Lipinski definition) is 2. The van der Waals surface area contributed by atoms with Crippen LogP contribution in [0.5, 0.6) is 0 Å². The second kappa shape index (κ2) is 4.56. The second-order valence-electron chi connectivity index (χ2n) is 4.37. The van der Waals surface area contributed by atoms with E-state index in [2.05, 4.69) is 0 Å². The van der Waals surface area contributed by atoms with Crippen molar-refractivity contribution in [2.75, 3.05) is 0 Å². The van der Waals surface area contributed by atoms with E-state index in [1.165, 1.54) is 6.92 Å². The minimum atomic E-state index is -0.0279. The smallest absolute Gasteiger partial charge is 0.164 e. The first-order valence-electron chi connectivity index (χ1n) is 5.95. The molecule has 0 saturated carbocycles. The van der Waals surface area contributed by atoms with Crippen LogP contribution < -0.4 is 0 Å². The van der Waals surface area contributed by atoms with Crippen LogP contribution in [0.1, 0.15) is 17.3 Å². The predicted octanol–water partition coefficient (Wildman–Crippen LogP) is 4.96. The van der Waals surface area contributed by atoms with Crippen LogP contribution in [-0.2, 0) is 0 Å². The highest BCUT2D eigenvalue weighted by molar-refractivity contribution is 6.31. The van der Waals surface area contributed by atoms with Crippen LogP contribution in [0, 0.1) is 0 Å². The van der Waals surface area contributed by atoms with Gasteiger partial charge >= 0.3 is 0 Å². The van der Waals surface area contributed by atoms with Gasteiger partial charge in [0.1, 0.15) is 11.3 Å². The number of hydrogen-bond donors (Lipinski definition) is 0. The summed E-state index contributed by atoms with van der Waals surface area (Å²) in [6, 6.07) is 14.9. The number of halogens is 1. The predicted molar refractivity (Wildman–Crippen MR) is 76.7 cm³/mol. The average Bonchev–Trinajstić information content (AvgIpc) is 2.78. The molecule has 0 fully saturated rings. The van der Waals surface area contributed by atoms with Crippen molar-refractivity contribution >= 4 is 28.4 Å². The fourth-order valence-corrected chi connectivity index (χ4v) is 2.38. The molecule has 1 heterocycles. The minimum absolute atomic E-state index is 0.0279. The molecule has 0 N–H and O–H groups in total. The van der Waals surface area contributed by atoms with Gasteiger partial charge in [0, 0.05) is 16.0 Å². The summed E-state index contributed by atoms with van der Waals surface area (Å²) in [5.41, 5.74) is 2.15. The van der Waals surface area contributed by atoms with Gasteiger partial charge in [0.15, 0.2) is 5.78 Å². The number of ketones is 1. The monoisotopic (exact) mass is 270 g/mol. The summed E-state index contributed by atoms with van der Waals surface area (Å²) in [7, 11) is 0. The summed E-state index contributed by atoms with van der Waals surface area (Å²) in [6.45, 7) is 1.54. The van der Waals surface area contributed by atoms with Crippen molar-refractivity contribution in [3.63, 3.8) is 0 Å². The number of rotatable bonds is 2. The number of carbonyl (C=O) groups is 1. The van der Waals surface area contributed by atoms with Gasteiger partial charge < -0.3 is 4.42 Å². The van der Waals surface area contributed by atoms with Gasteiger partial charge in [-0.3, -0.25) is 4.79 Å². The van der Waals surface area contributed by atoms with Crippen molar-refractivity contribution in [2.45, 2.75) is 6.92 Å². The van der Waals surface area contributed by atoms with E-state index in [1.54, 1.807) is 18.2 Å². The highest BCUT2D eigenvalue weighted by Gasteiger charge is 2.19. The second-order valence-corrected chi connectivity index (χ2v) is 4.81. The summed E-state index contributed by atoms with van der Waals surface area (Å²) in [4.78, 5) is 11.9. The van der Waals surface area contributed by atoms with E-state index in [1.807, 2.05) is 30.3 Å². The fourth-order valence-electron chi connectivity index (χ4n) is 2.21. The number of benzene rings is 2. The lowest BCUT2D eigenvalue weighted by Gasteiger charge is -1.99. The van der Waals surface area contributed by atoms with Crippen molar-refractivity contribution in [1.82, 2.24) is 0 Å². The lowest BCUT2D eigenvalue weighted by molar-refractivity contribution is 0.101. The molecule has 94 valence electrons. The summed E-state index contributed by atoms with van der Waals surface area (Å²) < 4.78 is 5.82. The maximum Gasteiger partial charge on any atom is 0.164 e. The van der Waals surface area contributed by atoms with E-state index in [0.29, 0.717) is 21.9 Å². The largest absolute Gasteiger partial charge is 0.455 e. The van der Waals surface area contributed by atoms with Crippen LogP contribution in [0.3, 0.4) is 0 Å². The van der Waals surface area contributed by atoms with Gasteiger partial charge in [-0.25, -0.2) is 0 Å². The quantitative estimate of drug-likeness (QED) is 0.616. The van der Waals surface area contributed by atoms with Crippen molar-refractivity contribution in [2.24, 2.45) is 0 Å². The van der Waals surface area contributed by atoms with Crippen LogP contribution in [0.2, 0.25) is 5.02 Å². The molecule has 0 aliphatic carbocycles. The Bertz CT molecular complexity index is 757. The lowest BCUT2D eigenvalue weighted by Crippen LogP contribution is -1.92. The molecular weight excluding hydrogens is 260 g/mol. The molecule has 0 aliphatic heterocycles. The Morgan fingerprint density at radius 3 is 2.53 bits per heavy atom. The Morgan fingerprint density at radius 1 is 1.11 bits per heavy atom. The van der Waals surface area contributed by atoms with Gasteiger partial charge in [0.2, 0.25) is 0 Å². The zero-order chi connectivity index (χ0) is 13.4. The van der Waals surface area contributed by atoms with E-state index in [-0.39, 0.29) is 5.78 Å². The zero-order valence-electron chi connectivity index (χ0n) is 10.3. The van der Waals surface area contributed by atoms with Gasteiger partial charge in [-0.15, -0.1) is 0 Å². The van der Waals surface area contributed by atoms with E-state index < -0.39 is 0 Å². The molecule has 0 atom stereocenters. The molecule has 0 bridgehead atoms. The van der Waals surface area contributed by atoms with Crippen molar-refractivity contribution in [3.8, 4) is 11.3 Å². The third-order valence-electron chi connectivity index (χ3n) is 3.04. The maximum absolute atomic E-state index is 11.9. The molecule has 0 amide bonds. The highest BCUT2D eigenvalue weighted by atomic mass is 35.5. The molecule has 3 rings (SSSR count). The summed E-state index contributed by atoms with van der Waals surface area (Å²) >= 11 is 6.00. The standard InChI is InChI=1S/C16H11ClO2/c1-10(18)15-13-9-12(17)7-8-14(13)19-16(15)11-5-3-2-4-6-11/h2-9H,1H3. The van der Waals surface area contributed by atoms with Crippen LogP contribution in [-0.4, -0.2) is 5.78 Å². The molecule has 0 saturated heterocycles. The molecule has 0 spiro atoms. The third kappa shape index (κ3) is 2.04. The topological polar surface area (TPSA) is 30.2 Å². The van der Waals surface area contributed by atoms with Crippen molar-refractivity contribution in [3.05, 3.63) is 59.1 Å². The molecule has 3 aromatic rings. The van der Waals surface area contributed by atoms with E-state index in [4.69, 9.17) is 16.0 Å². The van der Waals surface area contributed by atoms with Crippen molar-refractivity contribution < 1.29 is 9.21 Å². The average molecular weight is 271 g/mol. The normalized spacial score (nSPS) is 10.8. The highest BCUT2D eigenvalue weighted by Crippen LogP contribution is 2.35. The summed E-state index contributed by atoms with van der Waals surface area (Å²) in [5, 5.41) is 1.36. The van der Waals surface area contributed by atoms with Crippen molar-refractivity contribution in [1.29, 1.82) is 0 Å². The molecule has 0 radical (unpaired) electrons. The minimum Gasteiger partial charge on any atom is -0.455 e. The van der Waals surface area contributed by atoms with E-state index in [0.717, 1.165) is 10.9 Å². The number of furan rings is 1. The number of Topliss-reactive ketones (excluding diaryl/α,β-unsaturated/α-hetero) is 1. The number of fused-ring (bicyclic) bond motifs is 1. The third-order valence-corrected chi connectivity index (χ3v) is 3.27. The van der Waals surface area contributed by atoms with E-state index in [9.17, 15) is 4.79 Å². The Hall–Kier alpha value is -2.06. The van der Waals surface area contributed by atoms with Gasteiger partial charge in [-0.05, 0) is 25.1 Å². The molecule has 19 heavy (non-hydrogen) atoms. The molecule has 2 aromatic carbocycles. The van der Waals surface area contributed by atoms with Gasteiger partial charge in [0.05, 0.1) is 5.56 Å². The first-order valence-corrected chi connectivity index (χ1v) is 6.33. The first-order chi connectivity index (χ1) is 9.16. The Morgan fingerprint density at radius 2 is 1.84 bits per heavy atom. The van der Waals surface area contributed by atoms with E-state index >= 15 is 0 Å². The molecule has 1 aromatic heterocycles. The zero-order valence-corrected chi connectivity index (χ0v) is 11.1. The first kappa shape index (κ1) is 12.0. The van der Waals surface area contributed by atoms with Crippen LogP contribution in [0.15, 0.2) is 52.9 Å².